The standard InChI is InChI=1S/C13H20N6O/c1-13(2)18-11(15)17-12(16)19(13)20-8-7-9-3-5-10(14)6-4-9/h3-6H,7-8,14H2,1-2H3,(H4,15,16,17,18). The Morgan fingerprint density at radius 1 is 1.15 bits per heavy atom. The monoisotopic (exact) mass is 276 g/mol. The molecule has 0 saturated carbocycles. The fourth-order valence-corrected chi connectivity index (χ4v) is 1.96. The van der Waals surface area contributed by atoms with Gasteiger partial charge in [-0.15, -0.1) is 0 Å². The largest absolute Gasteiger partial charge is 0.399 e. The SMILES string of the molecule is CC1(C)N=C(N)N=C(N)N1OCCc1ccc(N)cc1. The molecular formula is C13H20N6O. The van der Waals surface area contributed by atoms with E-state index in [2.05, 4.69) is 9.98 Å². The maximum absolute atomic E-state index is 5.82. The Hall–Kier alpha value is -2.28. The summed E-state index contributed by atoms with van der Waals surface area (Å²) in [5.41, 5.74) is 18.2. The van der Waals surface area contributed by atoms with Crippen molar-refractivity contribution in [2.45, 2.75) is 25.9 Å². The molecule has 1 aromatic carbocycles. The fraction of sp³-hybridized carbons (Fsp3) is 0.385. The molecule has 0 fully saturated rings. The summed E-state index contributed by atoms with van der Waals surface area (Å²) in [4.78, 5) is 13.8. The van der Waals surface area contributed by atoms with E-state index in [1.54, 1.807) is 0 Å². The van der Waals surface area contributed by atoms with Gasteiger partial charge in [-0.05, 0) is 38.0 Å². The van der Waals surface area contributed by atoms with Gasteiger partial charge in [0.25, 0.3) is 0 Å². The molecule has 1 heterocycles. The lowest BCUT2D eigenvalue weighted by Crippen LogP contribution is -2.53. The lowest BCUT2D eigenvalue weighted by molar-refractivity contribution is -0.156. The number of benzene rings is 1. The summed E-state index contributed by atoms with van der Waals surface area (Å²) < 4.78 is 0. The highest BCUT2D eigenvalue weighted by molar-refractivity contribution is 5.95. The van der Waals surface area contributed by atoms with Crippen LogP contribution in [-0.4, -0.2) is 29.3 Å². The first-order valence-corrected chi connectivity index (χ1v) is 6.35. The van der Waals surface area contributed by atoms with Gasteiger partial charge in [0.15, 0.2) is 5.66 Å². The molecule has 1 aromatic rings. The van der Waals surface area contributed by atoms with Crippen molar-refractivity contribution in [1.82, 2.24) is 5.06 Å². The molecule has 7 heteroatoms. The first kappa shape index (κ1) is 14.1. The van der Waals surface area contributed by atoms with Gasteiger partial charge < -0.3 is 17.2 Å². The lowest BCUT2D eigenvalue weighted by atomic mass is 10.1. The number of anilines is 1. The van der Waals surface area contributed by atoms with Gasteiger partial charge in [-0.3, -0.25) is 4.84 Å². The molecule has 0 radical (unpaired) electrons. The molecule has 0 spiro atoms. The summed E-state index contributed by atoms with van der Waals surface area (Å²) >= 11 is 0. The molecule has 0 amide bonds. The maximum Gasteiger partial charge on any atom is 0.226 e. The van der Waals surface area contributed by atoms with E-state index >= 15 is 0 Å². The summed E-state index contributed by atoms with van der Waals surface area (Å²) in [6.45, 7) is 4.16. The van der Waals surface area contributed by atoms with E-state index in [1.807, 2.05) is 38.1 Å². The Balaban J connectivity index is 1.94. The van der Waals surface area contributed by atoms with Crippen molar-refractivity contribution in [2.24, 2.45) is 21.5 Å². The molecule has 1 aliphatic rings. The topological polar surface area (TPSA) is 115 Å². The van der Waals surface area contributed by atoms with E-state index in [0.29, 0.717) is 6.61 Å². The number of hydroxylamine groups is 2. The third kappa shape index (κ3) is 3.18. The Bertz CT molecular complexity index is 534. The zero-order valence-corrected chi connectivity index (χ0v) is 11.7. The quantitative estimate of drug-likeness (QED) is 0.689. The van der Waals surface area contributed by atoms with Gasteiger partial charge in [0.2, 0.25) is 11.9 Å². The first-order valence-electron chi connectivity index (χ1n) is 6.35. The maximum atomic E-state index is 5.82. The highest BCUT2D eigenvalue weighted by atomic mass is 16.7. The van der Waals surface area contributed by atoms with Crippen LogP contribution in [0.1, 0.15) is 19.4 Å². The normalized spacial score (nSPS) is 17.6. The average Bonchev–Trinajstić information content (AvgIpc) is 2.34. The van der Waals surface area contributed by atoms with Crippen molar-refractivity contribution in [3.8, 4) is 0 Å². The van der Waals surface area contributed by atoms with Gasteiger partial charge in [-0.2, -0.15) is 10.1 Å². The van der Waals surface area contributed by atoms with Gasteiger partial charge in [-0.1, -0.05) is 12.1 Å². The molecule has 6 N–H and O–H groups in total. The minimum absolute atomic E-state index is 0.158. The predicted molar refractivity (Wildman–Crippen MR) is 79.7 cm³/mol. The minimum Gasteiger partial charge on any atom is -0.399 e. The molecule has 0 unspecified atom stereocenters. The number of aliphatic imine (C=N–C) groups is 2. The average molecular weight is 276 g/mol. The van der Waals surface area contributed by atoms with Crippen LogP contribution in [0, 0.1) is 0 Å². The highest BCUT2D eigenvalue weighted by Crippen LogP contribution is 2.20. The van der Waals surface area contributed by atoms with Crippen molar-refractivity contribution in [3.05, 3.63) is 29.8 Å². The fourth-order valence-electron chi connectivity index (χ4n) is 1.96. The van der Waals surface area contributed by atoms with Crippen LogP contribution < -0.4 is 17.2 Å². The Morgan fingerprint density at radius 2 is 1.80 bits per heavy atom. The van der Waals surface area contributed by atoms with Crippen molar-refractivity contribution >= 4 is 17.6 Å². The van der Waals surface area contributed by atoms with E-state index in [1.165, 1.54) is 5.06 Å². The second kappa shape index (κ2) is 5.38. The van der Waals surface area contributed by atoms with Crippen molar-refractivity contribution in [2.75, 3.05) is 12.3 Å². The van der Waals surface area contributed by atoms with Crippen LogP contribution in [0.2, 0.25) is 0 Å². The van der Waals surface area contributed by atoms with Gasteiger partial charge in [-0.25, -0.2) is 4.99 Å². The van der Waals surface area contributed by atoms with Crippen LogP contribution in [0.3, 0.4) is 0 Å². The van der Waals surface area contributed by atoms with Gasteiger partial charge in [0.05, 0.1) is 6.61 Å². The van der Waals surface area contributed by atoms with Gasteiger partial charge >= 0.3 is 0 Å². The van der Waals surface area contributed by atoms with Crippen molar-refractivity contribution < 1.29 is 4.84 Å². The number of nitrogens with two attached hydrogens (primary N) is 3. The second-order valence-corrected chi connectivity index (χ2v) is 5.05. The molecule has 20 heavy (non-hydrogen) atoms. The van der Waals surface area contributed by atoms with Crippen LogP contribution in [-0.2, 0) is 11.3 Å². The second-order valence-electron chi connectivity index (χ2n) is 5.05. The van der Waals surface area contributed by atoms with Crippen molar-refractivity contribution in [3.63, 3.8) is 0 Å². The third-order valence-electron chi connectivity index (χ3n) is 2.91. The highest BCUT2D eigenvalue weighted by Gasteiger charge is 2.32. The Kier molecular flexibility index (Phi) is 3.80. The first-order chi connectivity index (χ1) is 9.38. The van der Waals surface area contributed by atoms with Crippen LogP contribution in [0.15, 0.2) is 34.3 Å². The van der Waals surface area contributed by atoms with Crippen LogP contribution in [0.25, 0.3) is 0 Å². The Labute approximate surface area is 118 Å². The molecule has 7 nitrogen and oxygen atoms in total. The molecule has 1 aliphatic heterocycles. The number of hydrogen-bond donors (Lipinski definition) is 3. The number of nitrogens with zero attached hydrogens (tertiary/aromatic N) is 3. The summed E-state index contributed by atoms with van der Waals surface area (Å²) in [5, 5.41) is 1.47. The summed E-state index contributed by atoms with van der Waals surface area (Å²) in [6.07, 6.45) is 0.735. The number of nitrogen functional groups attached to an aromatic ring is 1. The number of rotatable bonds is 4. The summed E-state index contributed by atoms with van der Waals surface area (Å²) in [7, 11) is 0. The molecule has 0 atom stereocenters. The van der Waals surface area contributed by atoms with Crippen LogP contribution in [0.4, 0.5) is 5.69 Å². The molecule has 0 aromatic heterocycles. The Morgan fingerprint density at radius 3 is 2.40 bits per heavy atom. The molecule has 108 valence electrons. The minimum atomic E-state index is -0.670. The van der Waals surface area contributed by atoms with Gasteiger partial charge in [0, 0.05) is 5.69 Å². The van der Waals surface area contributed by atoms with Gasteiger partial charge in [0.1, 0.15) is 0 Å². The van der Waals surface area contributed by atoms with E-state index in [9.17, 15) is 0 Å². The van der Waals surface area contributed by atoms with E-state index in [-0.39, 0.29) is 11.9 Å². The molecule has 0 saturated heterocycles. The third-order valence-corrected chi connectivity index (χ3v) is 2.91. The molecular weight excluding hydrogens is 256 g/mol. The van der Waals surface area contributed by atoms with E-state index in [0.717, 1.165) is 17.7 Å². The van der Waals surface area contributed by atoms with Crippen LogP contribution >= 0.6 is 0 Å². The molecule has 2 rings (SSSR count). The van der Waals surface area contributed by atoms with Crippen LogP contribution in [0.5, 0.6) is 0 Å². The smallest absolute Gasteiger partial charge is 0.226 e. The van der Waals surface area contributed by atoms with E-state index in [4.69, 9.17) is 22.0 Å². The molecule has 0 aliphatic carbocycles. The predicted octanol–water partition coefficient (Wildman–Crippen LogP) is 0.424. The zero-order valence-electron chi connectivity index (χ0n) is 11.7. The van der Waals surface area contributed by atoms with E-state index < -0.39 is 5.66 Å². The number of guanidine groups is 2. The lowest BCUT2D eigenvalue weighted by Gasteiger charge is -2.36. The molecule has 0 bridgehead atoms. The summed E-state index contributed by atoms with van der Waals surface area (Å²) in [6, 6.07) is 7.66. The zero-order chi connectivity index (χ0) is 14.8. The number of hydrogen-bond acceptors (Lipinski definition) is 7. The van der Waals surface area contributed by atoms with Crippen molar-refractivity contribution in [1.29, 1.82) is 0 Å². The summed E-state index contributed by atoms with van der Waals surface area (Å²) in [5.74, 6) is 0.366.